The average Bonchev–Trinajstić information content (AvgIpc) is 2.85. The van der Waals surface area contributed by atoms with Crippen LogP contribution in [0.2, 0.25) is 0 Å². The molecule has 1 aliphatic carbocycles. The Kier molecular flexibility index (Phi) is 3.01. The van der Waals surface area contributed by atoms with Gasteiger partial charge in [-0.3, -0.25) is 0 Å². The van der Waals surface area contributed by atoms with Crippen LogP contribution in [0.15, 0.2) is 4.42 Å². The second-order valence-corrected chi connectivity index (χ2v) is 6.32. The highest BCUT2D eigenvalue weighted by Crippen LogP contribution is 2.48. The van der Waals surface area contributed by atoms with Crippen LogP contribution in [-0.2, 0) is 24.0 Å². The molecule has 3 rings (SSSR count). The van der Waals surface area contributed by atoms with Crippen LogP contribution < -0.4 is 0 Å². The van der Waals surface area contributed by atoms with Gasteiger partial charge in [-0.25, -0.2) is 0 Å². The number of hydrogen-bond donors (Lipinski definition) is 0. The summed E-state index contributed by atoms with van der Waals surface area (Å²) in [4.78, 5) is 0. The SMILES string of the molecule is CCc1oc(C(C)C)c2c1CC1(CCOCC1)C2. The van der Waals surface area contributed by atoms with Crippen LogP contribution in [0.5, 0.6) is 0 Å². The molecule has 1 fully saturated rings. The topological polar surface area (TPSA) is 22.4 Å². The van der Waals surface area contributed by atoms with Crippen molar-refractivity contribution in [1.29, 1.82) is 0 Å². The fraction of sp³-hybridized carbons (Fsp3) is 0.750. The summed E-state index contributed by atoms with van der Waals surface area (Å²) in [7, 11) is 0. The summed E-state index contributed by atoms with van der Waals surface area (Å²) in [6, 6.07) is 0. The van der Waals surface area contributed by atoms with Crippen LogP contribution in [0.1, 0.15) is 62.2 Å². The molecule has 0 bridgehead atoms. The lowest BCUT2D eigenvalue weighted by Crippen LogP contribution is -2.30. The van der Waals surface area contributed by atoms with Gasteiger partial charge < -0.3 is 9.15 Å². The monoisotopic (exact) mass is 248 g/mol. The van der Waals surface area contributed by atoms with E-state index in [1.165, 1.54) is 37.2 Å². The Morgan fingerprint density at radius 3 is 2.39 bits per heavy atom. The maximum absolute atomic E-state index is 6.10. The third-order valence-electron chi connectivity index (χ3n) is 4.73. The summed E-state index contributed by atoms with van der Waals surface area (Å²) in [6.45, 7) is 8.58. The van der Waals surface area contributed by atoms with Crippen molar-refractivity contribution in [2.45, 2.75) is 58.8 Å². The molecule has 0 unspecified atom stereocenters. The summed E-state index contributed by atoms with van der Waals surface area (Å²) in [6.07, 6.45) is 5.93. The molecule has 100 valence electrons. The van der Waals surface area contributed by atoms with E-state index in [-0.39, 0.29) is 0 Å². The quantitative estimate of drug-likeness (QED) is 0.793. The van der Waals surface area contributed by atoms with Crippen molar-refractivity contribution in [1.82, 2.24) is 0 Å². The number of rotatable bonds is 2. The molecule has 1 aromatic heterocycles. The Labute approximate surface area is 110 Å². The Morgan fingerprint density at radius 1 is 1.11 bits per heavy atom. The first kappa shape index (κ1) is 12.3. The first-order valence-corrected chi connectivity index (χ1v) is 7.36. The predicted molar refractivity (Wildman–Crippen MR) is 72.1 cm³/mol. The van der Waals surface area contributed by atoms with Gasteiger partial charge in [0.1, 0.15) is 11.5 Å². The van der Waals surface area contributed by atoms with Crippen molar-refractivity contribution in [2.75, 3.05) is 13.2 Å². The standard InChI is InChI=1S/C16H24O2/c1-4-14-12-9-16(5-7-17-8-6-16)10-13(12)15(18-14)11(2)3/h11H,4-10H2,1-3H3. The van der Waals surface area contributed by atoms with E-state index >= 15 is 0 Å². The number of furan rings is 1. The van der Waals surface area contributed by atoms with Gasteiger partial charge in [-0.05, 0) is 42.2 Å². The highest BCUT2D eigenvalue weighted by Gasteiger charge is 2.42. The molecule has 0 amide bonds. The molecule has 1 saturated heterocycles. The lowest BCUT2D eigenvalue weighted by molar-refractivity contribution is 0.0192. The molecule has 18 heavy (non-hydrogen) atoms. The van der Waals surface area contributed by atoms with E-state index in [9.17, 15) is 0 Å². The van der Waals surface area contributed by atoms with Crippen LogP contribution in [-0.4, -0.2) is 13.2 Å². The lowest BCUT2D eigenvalue weighted by atomic mass is 9.77. The minimum atomic E-state index is 0.493. The van der Waals surface area contributed by atoms with Crippen LogP contribution >= 0.6 is 0 Å². The number of hydrogen-bond acceptors (Lipinski definition) is 2. The van der Waals surface area contributed by atoms with Crippen molar-refractivity contribution < 1.29 is 9.15 Å². The Balaban J connectivity index is 1.96. The van der Waals surface area contributed by atoms with Gasteiger partial charge in [0.2, 0.25) is 0 Å². The molecule has 2 heterocycles. The smallest absolute Gasteiger partial charge is 0.110 e. The molecule has 2 aliphatic rings. The van der Waals surface area contributed by atoms with Crippen molar-refractivity contribution in [3.05, 3.63) is 22.6 Å². The molecule has 0 aromatic carbocycles. The first-order chi connectivity index (χ1) is 8.65. The molecule has 1 aliphatic heterocycles. The van der Waals surface area contributed by atoms with Crippen molar-refractivity contribution in [3.63, 3.8) is 0 Å². The molecule has 2 nitrogen and oxygen atoms in total. The van der Waals surface area contributed by atoms with Gasteiger partial charge >= 0.3 is 0 Å². The molecule has 1 aromatic rings. The second-order valence-electron chi connectivity index (χ2n) is 6.32. The van der Waals surface area contributed by atoms with Crippen LogP contribution in [0.4, 0.5) is 0 Å². The normalized spacial score (nSPS) is 21.8. The number of ether oxygens (including phenoxy) is 1. The summed E-state index contributed by atoms with van der Waals surface area (Å²) in [5.74, 6) is 3.01. The van der Waals surface area contributed by atoms with Crippen LogP contribution in [0, 0.1) is 5.41 Å². The summed E-state index contributed by atoms with van der Waals surface area (Å²) < 4.78 is 11.6. The van der Waals surface area contributed by atoms with E-state index in [0.29, 0.717) is 11.3 Å². The Bertz CT molecular complexity index is 436. The zero-order valence-corrected chi connectivity index (χ0v) is 11.8. The first-order valence-electron chi connectivity index (χ1n) is 7.36. The van der Waals surface area contributed by atoms with Crippen molar-refractivity contribution in [2.24, 2.45) is 5.41 Å². The molecule has 0 radical (unpaired) electrons. The Morgan fingerprint density at radius 2 is 1.78 bits per heavy atom. The summed E-state index contributed by atoms with van der Waals surface area (Å²) in [5, 5.41) is 0. The molecular formula is C16H24O2. The molecule has 0 saturated carbocycles. The van der Waals surface area contributed by atoms with Gasteiger partial charge in [0.25, 0.3) is 0 Å². The molecule has 1 spiro atoms. The minimum absolute atomic E-state index is 0.493. The largest absolute Gasteiger partial charge is 0.465 e. The fourth-order valence-corrected chi connectivity index (χ4v) is 3.69. The summed E-state index contributed by atoms with van der Waals surface area (Å²) >= 11 is 0. The average molecular weight is 248 g/mol. The van der Waals surface area contributed by atoms with Crippen LogP contribution in [0.25, 0.3) is 0 Å². The van der Waals surface area contributed by atoms with Gasteiger partial charge in [-0.1, -0.05) is 20.8 Å². The van der Waals surface area contributed by atoms with Crippen LogP contribution in [0.3, 0.4) is 0 Å². The van der Waals surface area contributed by atoms with Gasteiger partial charge in [-0.2, -0.15) is 0 Å². The van der Waals surface area contributed by atoms with Gasteiger partial charge in [0, 0.05) is 25.6 Å². The fourth-order valence-electron chi connectivity index (χ4n) is 3.69. The maximum Gasteiger partial charge on any atom is 0.110 e. The van der Waals surface area contributed by atoms with Gasteiger partial charge in [0.15, 0.2) is 0 Å². The van der Waals surface area contributed by atoms with E-state index in [1.54, 1.807) is 11.1 Å². The van der Waals surface area contributed by atoms with Crippen molar-refractivity contribution >= 4 is 0 Å². The Hall–Kier alpha value is -0.760. The van der Waals surface area contributed by atoms with Gasteiger partial charge in [-0.15, -0.1) is 0 Å². The zero-order chi connectivity index (χ0) is 12.8. The molecular weight excluding hydrogens is 224 g/mol. The van der Waals surface area contributed by atoms with E-state index in [0.717, 1.165) is 19.6 Å². The second kappa shape index (κ2) is 4.41. The van der Waals surface area contributed by atoms with E-state index in [1.807, 2.05) is 0 Å². The number of fused-ring (bicyclic) bond motifs is 1. The third-order valence-corrected chi connectivity index (χ3v) is 4.73. The molecule has 0 atom stereocenters. The highest BCUT2D eigenvalue weighted by atomic mass is 16.5. The summed E-state index contributed by atoms with van der Waals surface area (Å²) in [5.41, 5.74) is 3.58. The molecule has 2 heteroatoms. The van der Waals surface area contributed by atoms with E-state index in [2.05, 4.69) is 20.8 Å². The maximum atomic E-state index is 6.10. The van der Waals surface area contributed by atoms with E-state index < -0.39 is 0 Å². The van der Waals surface area contributed by atoms with Crippen molar-refractivity contribution in [3.8, 4) is 0 Å². The third kappa shape index (κ3) is 1.82. The van der Waals surface area contributed by atoms with Gasteiger partial charge in [0.05, 0.1) is 0 Å². The number of aryl methyl sites for hydroxylation is 1. The predicted octanol–water partition coefficient (Wildman–Crippen LogP) is 3.86. The lowest BCUT2D eigenvalue weighted by Gasteiger charge is -2.33. The zero-order valence-electron chi connectivity index (χ0n) is 11.8. The minimum Gasteiger partial charge on any atom is -0.465 e. The molecule has 0 N–H and O–H groups in total. The van der Waals surface area contributed by atoms with E-state index in [4.69, 9.17) is 9.15 Å². The highest BCUT2D eigenvalue weighted by molar-refractivity contribution is 5.41.